The molecule has 0 unspecified atom stereocenters. The Labute approximate surface area is 234 Å². The molecule has 1 aromatic heterocycles. The second-order valence-corrected chi connectivity index (χ2v) is 8.91. The number of phenols is 1. The molecule has 0 radical (unpaired) electrons. The van der Waals surface area contributed by atoms with Crippen LogP contribution >= 0.6 is 11.6 Å². The van der Waals surface area contributed by atoms with Crippen LogP contribution in [0.2, 0.25) is 5.02 Å². The van der Waals surface area contributed by atoms with E-state index in [1.807, 2.05) is 12.1 Å². The largest absolute Gasteiger partial charge is 0.508 e. The quantitative estimate of drug-likeness (QED) is 0.171. The highest BCUT2D eigenvalue weighted by molar-refractivity contribution is 6.30. The number of ether oxygens (including phenoxy) is 2. The van der Waals surface area contributed by atoms with E-state index in [4.69, 9.17) is 25.5 Å². The van der Waals surface area contributed by atoms with Gasteiger partial charge in [0.15, 0.2) is 11.2 Å². The second-order valence-electron chi connectivity index (χ2n) is 8.47. The lowest BCUT2D eigenvalue weighted by Gasteiger charge is -2.07. The summed E-state index contributed by atoms with van der Waals surface area (Å²) in [5.74, 6) is 1.26. The predicted octanol–water partition coefficient (Wildman–Crippen LogP) is 7.56. The first-order chi connectivity index (χ1) is 19.3. The third-order valence-electron chi connectivity index (χ3n) is 5.83. The molecule has 1 heterocycles. The number of allylic oxidation sites excluding steroid dienone is 1. The van der Waals surface area contributed by atoms with Crippen molar-refractivity contribution < 1.29 is 28.2 Å². The smallest absolute Gasteiger partial charge is 0.193 e. The van der Waals surface area contributed by atoms with Gasteiger partial charge in [-0.3, -0.25) is 9.59 Å². The van der Waals surface area contributed by atoms with E-state index in [1.54, 1.807) is 62.8 Å². The van der Waals surface area contributed by atoms with Gasteiger partial charge >= 0.3 is 0 Å². The number of aromatic hydroxyl groups is 1. The average molecular weight is 559 g/mol. The van der Waals surface area contributed by atoms with E-state index in [0.717, 1.165) is 5.56 Å². The Morgan fingerprint density at radius 3 is 2.30 bits per heavy atom. The molecule has 0 bridgehead atoms. The van der Waals surface area contributed by atoms with Crippen LogP contribution in [0.5, 0.6) is 17.2 Å². The lowest BCUT2D eigenvalue weighted by molar-refractivity contribution is 0.104. The van der Waals surface area contributed by atoms with Crippen molar-refractivity contribution in [1.82, 2.24) is 0 Å². The van der Waals surface area contributed by atoms with Gasteiger partial charge in [-0.2, -0.15) is 0 Å². The Balaban J connectivity index is 0.000000186. The standard InChI is InChI=1S/C17H15ClO3.C15H9FO3/c1-20-15-9-5-13(17(11-15)21-2)6-10-16(19)12-3-7-14(18)8-4-12;16-10-3-6-12-13(18)8-14(19-15(12)7-10)9-1-4-11(17)5-2-9/h3-11H,1-2H3;1-8,17H. The minimum atomic E-state index is -0.460. The zero-order valence-corrected chi connectivity index (χ0v) is 22.3. The summed E-state index contributed by atoms with van der Waals surface area (Å²) < 4.78 is 29.1. The molecule has 0 saturated carbocycles. The normalized spacial score (nSPS) is 10.7. The van der Waals surface area contributed by atoms with Crippen LogP contribution in [0.25, 0.3) is 28.4 Å². The number of methoxy groups -OCH3 is 2. The Hall–Kier alpha value is -4.88. The Morgan fingerprint density at radius 1 is 0.900 bits per heavy atom. The van der Waals surface area contributed by atoms with Crippen molar-refractivity contribution >= 4 is 34.4 Å². The fraction of sp³-hybridized carbons (Fsp3) is 0.0625. The van der Waals surface area contributed by atoms with Crippen molar-refractivity contribution in [3.8, 4) is 28.6 Å². The van der Waals surface area contributed by atoms with Crippen LogP contribution < -0.4 is 14.9 Å². The molecule has 40 heavy (non-hydrogen) atoms. The maximum atomic E-state index is 13.2. The first-order valence-corrected chi connectivity index (χ1v) is 12.4. The van der Waals surface area contributed by atoms with Crippen LogP contribution in [0, 0.1) is 5.82 Å². The Morgan fingerprint density at radius 2 is 1.62 bits per heavy atom. The van der Waals surface area contributed by atoms with Crippen molar-refractivity contribution in [3.05, 3.63) is 129 Å². The summed E-state index contributed by atoms with van der Waals surface area (Å²) in [5.41, 5.74) is 2.00. The number of benzene rings is 4. The van der Waals surface area contributed by atoms with Crippen LogP contribution in [-0.2, 0) is 0 Å². The summed E-state index contributed by atoms with van der Waals surface area (Å²) in [6, 6.07) is 23.6. The SMILES string of the molecule is COc1ccc(C=CC(=O)c2ccc(Cl)cc2)c(OC)c1.O=c1cc(-c2ccc(O)cc2)oc2cc(F)ccc12. The molecule has 202 valence electrons. The Bertz CT molecular complexity index is 1720. The summed E-state index contributed by atoms with van der Waals surface area (Å²) in [7, 11) is 3.17. The van der Waals surface area contributed by atoms with Crippen molar-refractivity contribution in [3.63, 3.8) is 0 Å². The molecular formula is C32H24ClFO6. The van der Waals surface area contributed by atoms with Crippen molar-refractivity contribution in [2.45, 2.75) is 0 Å². The van der Waals surface area contributed by atoms with Crippen molar-refractivity contribution in [1.29, 1.82) is 0 Å². The summed E-state index contributed by atoms with van der Waals surface area (Å²) in [5, 5.41) is 10.2. The predicted molar refractivity (Wildman–Crippen MR) is 154 cm³/mol. The van der Waals surface area contributed by atoms with Crippen LogP contribution in [0.4, 0.5) is 4.39 Å². The van der Waals surface area contributed by atoms with Gasteiger partial charge in [-0.25, -0.2) is 4.39 Å². The highest BCUT2D eigenvalue weighted by Crippen LogP contribution is 2.26. The molecule has 5 rings (SSSR count). The molecular weight excluding hydrogens is 535 g/mol. The number of halogens is 2. The molecule has 0 atom stereocenters. The highest BCUT2D eigenvalue weighted by Gasteiger charge is 2.08. The summed E-state index contributed by atoms with van der Waals surface area (Å²) in [6.07, 6.45) is 3.22. The summed E-state index contributed by atoms with van der Waals surface area (Å²) >= 11 is 5.80. The second kappa shape index (κ2) is 12.8. The monoisotopic (exact) mass is 558 g/mol. The van der Waals surface area contributed by atoms with Gasteiger partial charge in [0.25, 0.3) is 0 Å². The molecule has 6 nitrogen and oxygen atoms in total. The van der Waals surface area contributed by atoms with Gasteiger partial charge in [0.2, 0.25) is 0 Å². The van der Waals surface area contributed by atoms with Crippen LogP contribution in [0.1, 0.15) is 15.9 Å². The van der Waals surface area contributed by atoms with Gasteiger partial charge in [-0.15, -0.1) is 0 Å². The lowest BCUT2D eigenvalue weighted by atomic mass is 10.1. The zero-order valence-electron chi connectivity index (χ0n) is 21.6. The minimum absolute atomic E-state index is 0.0930. The third-order valence-corrected chi connectivity index (χ3v) is 6.08. The molecule has 0 aliphatic heterocycles. The van der Waals surface area contributed by atoms with Gasteiger partial charge in [0, 0.05) is 39.9 Å². The van der Waals surface area contributed by atoms with E-state index in [1.165, 1.54) is 42.5 Å². The average Bonchev–Trinajstić information content (AvgIpc) is 2.96. The topological polar surface area (TPSA) is 86.0 Å². The number of rotatable bonds is 6. The molecule has 0 aliphatic carbocycles. The molecule has 0 spiro atoms. The molecule has 5 aromatic rings. The molecule has 0 amide bonds. The van der Waals surface area contributed by atoms with Crippen LogP contribution in [-0.4, -0.2) is 25.1 Å². The van der Waals surface area contributed by atoms with Crippen LogP contribution in [0.3, 0.4) is 0 Å². The minimum Gasteiger partial charge on any atom is -0.508 e. The van der Waals surface area contributed by atoms with E-state index in [0.29, 0.717) is 38.8 Å². The summed E-state index contributed by atoms with van der Waals surface area (Å²) in [4.78, 5) is 24.0. The van der Waals surface area contributed by atoms with Gasteiger partial charge < -0.3 is 19.0 Å². The molecule has 4 aromatic carbocycles. The van der Waals surface area contributed by atoms with Gasteiger partial charge in [0.1, 0.15) is 34.4 Å². The van der Waals surface area contributed by atoms with Gasteiger partial charge in [0.05, 0.1) is 19.6 Å². The van der Waals surface area contributed by atoms with Gasteiger partial charge in [-0.05, 0) is 84.9 Å². The van der Waals surface area contributed by atoms with E-state index in [-0.39, 0.29) is 22.5 Å². The maximum Gasteiger partial charge on any atom is 0.193 e. The van der Waals surface area contributed by atoms with E-state index in [9.17, 15) is 19.1 Å². The number of carbonyl (C=O) groups excluding carboxylic acids is 1. The molecule has 0 fully saturated rings. The molecule has 0 saturated heterocycles. The number of hydrogen-bond acceptors (Lipinski definition) is 6. The fourth-order valence-electron chi connectivity index (χ4n) is 3.73. The maximum absolute atomic E-state index is 13.2. The van der Waals surface area contributed by atoms with Crippen molar-refractivity contribution in [2.75, 3.05) is 14.2 Å². The number of hydrogen-bond donors (Lipinski definition) is 1. The molecule has 8 heteroatoms. The van der Waals surface area contributed by atoms with Crippen molar-refractivity contribution in [2.24, 2.45) is 0 Å². The number of phenolic OH excluding ortho intramolecular Hbond substituents is 1. The fourth-order valence-corrected chi connectivity index (χ4v) is 3.85. The molecule has 0 aliphatic rings. The van der Waals surface area contributed by atoms with Crippen LogP contribution in [0.15, 0.2) is 106 Å². The number of carbonyl (C=O) groups is 1. The van der Waals surface area contributed by atoms with E-state index >= 15 is 0 Å². The third kappa shape index (κ3) is 6.95. The van der Waals surface area contributed by atoms with E-state index < -0.39 is 5.82 Å². The highest BCUT2D eigenvalue weighted by atomic mass is 35.5. The first kappa shape index (κ1) is 28.1. The summed E-state index contributed by atoms with van der Waals surface area (Å²) in [6.45, 7) is 0. The van der Waals surface area contributed by atoms with Gasteiger partial charge in [-0.1, -0.05) is 11.6 Å². The lowest BCUT2D eigenvalue weighted by Crippen LogP contribution is -2.00. The molecule has 1 N–H and O–H groups in total. The number of fused-ring (bicyclic) bond motifs is 1. The zero-order chi connectivity index (χ0) is 28.6. The first-order valence-electron chi connectivity index (χ1n) is 12.0. The number of ketones is 1. The van der Waals surface area contributed by atoms with E-state index in [2.05, 4.69) is 0 Å². The Kier molecular flexibility index (Phi) is 8.99.